The average molecular weight is 579 g/mol. The summed E-state index contributed by atoms with van der Waals surface area (Å²) >= 11 is 0. The lowest BCUT2D eigenvalue weighted by Gasteiger charge is -2.40. The van der Waals surface area contributed by atoms with Gasteiger partial charge in [0.15, 0.2) is 0 Å². The molecule has 0 aliphatic carbocycles. The van der Waals surface area contributed by atoms with Crippen LogP contribution in [-0.2, 0) is 11.3 Å². The van der Waals surface area contributed by atoms with Crippen LogP contribution in [0.2, 0.25) is 0 Å². The fourth-order valence-electron chi connectivity index (χ4n) is 5.53. The quantitative estimate of drug-likeness (QED) is 0.347. The van der Waals surface area contributed by atoms with Gasteiger partial charge in [-0.15, -0.1) is 0 Å². The number of nitrogens with zero attached hydrogens (tertiary/aromatic N) is 4. The highest BCUT2D eigenvalue weighted by molar-refractivity contribution is 5.93. The molecule has 0 radical (unpaired) electrons. The number of aromatic carboxylic acids is 1. The molecule has 3 aromatic rings. The Morgan fingerprint density at radius 2 is 2.09 bits per heavy atom. The number of ether oxygens (including phenoxy) is 2. The molecule has 3 aliphatic heterocycles. The Balaban J connectivity index is 1.14. The van der Waals surface area contributed by atoms with Gasteiger partial charge >= 0.3 is 5.97 Å². The van der Waals surface area contributed by atoms with E-state index in [9.17, 15) is 14.3 Å². The van der Waals surface area contributed by atoms with Crippen molar-refractivity contribution in [3.8, 4) is 11.9 Å². The second-order valence-electron chi connectivity index (χ2n) is 10.9. The number of hydrogen-bond donors (Lipinski definition) is 1. The Labute approximate surface area is 249 Å². The predicted octanol–water partition coefficient (Wildman–Crippen LogP) is 5.66. The normalized spacial score (nSPS) is 18.2. The van der Waals surface area contributed by atoms with Crippen molar-refractivity contribution in [1.29, 1.82) is 5.26 Å². The summed E-state index contributed by atoms with van der Waals surface area (Å²) in [5, 5.41) is 18.6. The third-order valence-electron chi connectivity index (χ3n) is 8.04. The van der Waals surface area contributed by atoms with Crippen LogP contribution in [0.15, 0.2) is 79.0 Å². The van der Waals surface area contributed by atoms with Gasteiger partial charge in [0.1, 0.15) is 12.4 Å². The molecule has 3 aliphatic rings. The summed E-state index contributed by atoms with van der Waals surface area (Å²) in [6.07, 6.45) is 6.15. The number of halogens is 1. The number of allylic oxidation sites excluding steroid dienone is 2. The van der Waals surface area contributed by atoms with Crippen LogP contribution >= 0.6 is 0 Å². The molecule has 0 spiro atoms. The van der Waals surface area contributed by atoms with E-state index in [-0.39, 0.29) is 23.8 Å². The van der Waals surface area contributed by atoms with Gasteiger partial charge in [-0.25, -0.2) is 14.2 Å². The Morgan fingerprint density at radius 3 is 2.79 bits per heavy atom. The molecule has 1 saturated heterocycles. The zero-order chi connectivity index (χ0) is 29.9. The number of nitriles is 1. The van der Waals surface area contributed by atoms with Crippen LogP contribution in [0.5, 0.6) is 5.88 Å². The van der Waals surface area contributed by atoms with Crippen molar-refractivity contribution in [3.63, 3.8) is 0 Å². The van der Waals surface area contributed by atoms with Crippen LogP contribution in [0.25, 0.3) is 11.1 Å². The lowest BCUT2D eigenvalue weighted by atomic mass is 9.95. The molecule has 1 N–H and O–H groups in total. The van der Waals surface area contributed by atoms with Crippen LogP contribution < -0.4 is 9.64 Å². The molecule has 1 atom stereocenters. The molecular weight excluding hydrogens is 547 g/mol. The van der Waals surface area contributed by atoms with E-state index in [0.29, 0.717) is 24.5 Å². The standard InChI is InChI=1S/C34H31FN4O4/c1-22-15-27(39(20-28-11-14-42-28)32-17-25(34(40)41)7-8-29(22)32)19-38-12-9-24(10-13-38)31-3-2-4-33(37-31)43-21-26-6-5-23(18-36)16-30(26)35/h2-9,15-17,28H,1,10-14,19-21H2,(H,40,41)/t28-/m0/s1. The minimum absolute atomic E-state index is 0.0146. The van der Waals surface area contributed by atoms with E-state index in [0.717, 1.165) is 66.3 Å². The molecule has 1 fully saturated rings. The van der Waals surface area contributed by atoms with E-state index in [1.807, 2.05) is 24.3 Å². The fraction of sp³-hybridized carbons (Fsp3) is 0.265. The van der Waals surface area contributed by atoms with Gasteiger partial charge in [-0.2, -0.15) is 5.26 Å². The zero-order valence-corrected chi connectivity index (χ0v) is 23.6. The summed E-state index contributed by atoms with van der Waals surface area (Å²) in [7, 11) is 0. The van der Waals surface area contributed by atoms with Crippen molar-refractivity contribution in [2.75, 3.05) is 37.7 Å². The number of carboxylic acids is 1. The Hall–Kier alpha value is -4.78. The second-order valence-corrected chi connectivity index (χ2v) is 10.9. The zero-order valence-electron chi connectivity index (χ0n) is 23.6. The fourth-order valence-corrected chi connectivity index (χ4v) is 5.53. The van der Waals surface area contributed by atoms with Crippen molar-refractivity contribution < 1.29 is 23.8 Å². The van der Waals surface area contributed by atoms with Crippen molar-refractivity contribution in [2.24, 2.45) is 0 Å². The number of aromatic nitrogens is 1. The van der Waals surface area contributed by atoms with Crippen LogP contribution in [0.4, 0.5) is 10.1 Å². The lowest BCUT2D eigenvalue weighted by Crippen LogP contribution is -2.44. The van der Waals surface area contributed by atoms with Gasteiger partial charge in [0.05, 0.1) is 29.0 Å². The molecule has 0 bridgehead atoms. The predicted molar refractivity (Wildman–Crippen MR) is 161 cm³/mol. The summed E-state index contributed by atoms with van der Waals surface area (Å²) in [5.74, 6) is -1.03. The SMILES string of the molecule is C=C1C=C(CN2CC=C(c3cccc(OCc4ccc(C#N)cc4F)n3)CC2)N(C[C@@H]2CCO2)c2cc(C(=O)O)ccc21. The van der Waals surface area contributed by atoms with Gasteiger partial charge in [0.25, 0.3) is 0 Å². The van der Waals surface area contributed by atoms with E-state index in [2.05, 4.69) is 33.5 Å². The van der Waals surface area contributed by atoms with E-state index in [1.165, 1.54) is 6.07 Å². The van der Waals surface area contributed by atoms with Gasteiger partial charge in [-0.1, -0.05) is 30.9 Å². The second kappa shape index (κ2) is 12.2. The maximum atomic E-state index is 14.3. The Morgan fingerprint density at radius 1 is 1.23 bits per heavy atom. The number of carbonyl (C=O) groups is 1. The topological polar surface area (TPSA) is 98.9 Å². The molecule has 0 amide bonds. The summed E-state index contributed by atoms with van der Waals surface area (Å²) in [5.41, 5.74) is 6.53. The van der Waals surface area contributed by atoms with Crippen molar-refractivity contribution in [1.82, 2.24) is 9.88 Å². The summed E-state index contributed by atoms with van der Waals surface area (Å²) in [6.45, 7) is 7.90. The van der Waals surface area contributed by atoms with E-state index in [4.69, 9.17) is 14.7 Å². The largest absolute Gasteiger partial charge is 0.478 e. The van der Waals surface area contributed by atoms with E-state index in [1.54, 1.807) is 30.3 Å². The van der Waals surface area contributed by atoms with Crippen LogP contribution in [0.3, 0.4) is 0 Å². The highest BCUT2D eigenvalue weighted by atomic mass is 19.1. The Kier molecular flexibility index (Phi) is 8.05. The Bertz CT molecular complexity index is 1690. The molecule has 6 rings (SSSR count). The van der Waals surface area contributed by atoms with Gasteiger partial charge in [-0.3, -0.25) is 4.90 Å². The van der Waals surface area contributed by atoms with E-state index < -0.39 is 11.8 Å². The first-order valence-electron chi connectivity index (χ1n) is 14.2. The summed E-state index contributed by atoms with van der Waals surface area (Å²) in [6, 6.07) is 17.0. The highest BCUT2D eigenvalue weighted by Gasteiger charge is 2.30. The molecule has 4 heterocycles. The first-order chi connectivity index (χ1) is 20.9. The van der Waals surface area contributed by atoms with Crippen LogP contribution in [-0.4, -0.2) is 59.8 Å². The number of hydrogen-bond acceptors (Lipinski definition) is 7. The molecule has 1 aromatic heterocycles. The molecular formula is C34H31FN4O4. The molecule has 9 heteroatoms. The van der Waals surface area contributed by atoms with Gasteiger partial charge in [0, 0.05) is 61.4 Å². The third kappa shape index (κ3) is 6.21. The third-order valence-corrected chi connectivity index (χ3v) is 8.04. The molecule has 218 valence electrons. The number of fused-ring (bicyclic) bond motifs is 1. The first-order valence-corrected chi connectivity index (χ1v) is 14.2. The smallest absolute Gasteiger partial charge is 0.335 e. The minimum atomic E-state index is -0.956. The summed E-state index contributed by atoms with van der Waals surface area (Å²) < 4.78 is 25.8. The number of benzene rings is 2. The van der Waals surface area contributed by atoms with Crippen molar-refractivity contribution in [3.05, 3.63) is 113 Å². The van der Waals surface area contributed by atoms with Crippen LogP contribution in [0.1, 0.15) is 45.6 Å². The molecule has 0 unspecified atom stereocenters. The molecule has 8 nitrogen and oxygen atoms in total. The average Bonchev–Trinajstić information content (AvgIpc) is 2.99. The number of pyridine rings is 1. The number of carboxylic acid groups (broad SMARTS) is 1. The van der Waals surface area contributed by atoms with Gasteiger partial charge in [0.2, 0.25) is 5.88 Å². The minimum Gasteiger partial charge on any atom is -0.478 e. The molecule has 0 saturated carbocycles. The first kappa shape index (κ1) is 28.3. The number of anilines is 1. The maximum absolute atomic E-state index is 14.3. The summed E-state index contributed by atoms with van der Waals surface area (Å²) in [4.78, 5) is 20.9. The van der Waals surface area contributed by atoms with Crippen molar-refractivity contribution >= 4 is 22.8 Å². The molecule has 43 heavy (non-hydrogen) atoms. The van der Waals surface area contributed by atoms with E-state index >= 15 is 0 Å². The monoisotopic (exact) mass is 578 g/mol. The highest BCUT2D eigenvalue weighted by Crippen LogP contribution is 2.38. The lowest BCUT2D eigenvalue weighted by molar-refractivity contribution is -0.0439. The van der Waals surface area contributed by atoms with Crippen molar-refractivity contribution in [2.45, 2.75) is 25.6 Å². The maximum Gasteiger partial charge on any atom is 0.335 e. The molecule has 2 aromatic carbocycles. The van der Waals surface area contributed by atoms with Crippen LogP contribution in [0, 0.1) is 17.1 Å². The number of rotatable bonds is 9. The van der Waals surface area contributed by atoms with Gasteiger partial charge in [-0.05, 0) is 60.4 Å². The van der Waals surface area contributed by atoms with Gasteiger partial charge < -0.3 is 19.5 Å².